The van der Waals surface area contributed by atoms with Crippen LogP contribution in [-0.4, -0.2) is 47.3 Å². The van der Waals surface area contributed by atoms with E-state index in [0.29, 0.717) is 13.0 Å². The Morgan fingerprint density at radius 3 is 2.11 bits per heavy atom. The maximum atomic E-state index is 12.1. The molecule has 0 fully saturated rings. The fourth-order valence-corrected chi connectivity index (χ4v) is 1.81. The molecule has 0 saturated heterocycles. The van der Waals surface area contributed by atoms with Crippen LogP contribution in [-0.2, 0) is 9.59 Å². The number of carbonyl (C=O) groups is 2. The first-order chi connectivity index (χ1) is 8.79. The Morgan fingerprint density at radius 2 is 1.74 bits per heavy atom. The van der Waals surface area contributed by atoms with Crippen LogP contribution in [0.4, 0.5) is 0 Å². The van der Waals surface area contributed by atoms with Gasteiger partial charge in [0.25, 0.3) is 0 Å². The van der Waals surface area contributed by atoms with E-state index >= 15 is 0 Å². The lowest BCUT2D eigenvalue weighted by atomic mass is 10.0. The molecule has 6 heteroatoms. The van der Waals surface area contributed by atoms with E-state index in [2.05, 4.69) is 10.6 Å². The molecular weight excluding hydrogens is 248 g/mol. The number of carboxylic acids is 1. The summed E-state index contributed by atoms with van der Waals surface area (Å²) in [5.74, 6) is -1.16. The van der Waals surface area contributed by atoms with Crippen LogP contribution in [0.15, 0.2) is 0 Å². The van der Waals surface area contributed by atoms with Gasteiger partial charge in [0.15, 0.2) is 0 Å². The normalized spacial score (nSPS) is 14.5. The fourth-order valence-electron chi connectivity index (χ4n) is 1.81. The Bertz CT molecular complexity index is 292. The minimum atomic E-state index is -1.02. The summed E-state index contributed by atoms with van der Waals surface area (Å²) in [5.41, 5.74) is 0. The van der Waals surface area contributed by atoms with Crippen LogP contribution in [0.25, 0.3) is 0 Å². The first kappa shape index (κ1) is 17.9. The SMILES string of the molecule is CC(C)C[C@H](NC(=O)[C@@H](NCCO)C(C)C)C(=O)O. The first-order valence-electron chi connectivity index (χ1n) is 6.67. The maximum absolute atomic E-state index is 12.1. The summed E-state index contributed by atoms with van der Waals surface area (Å²) in [5, 5.41) is 23.3. The van der Waals surface area contributed by atoms with Crippen molar-refractivity contribution in [2.24, 2.45) is 11.8 Å². The number of hydrogen-bond acceptors (Lipinski definition) is 4. The Labute approximate surface area is 114 Å². The lowest BCUT2D eigenvalue weighted by Crippen LogP contribution is -2.53. The van der Waals surface area contributed by atoms with Gasteiger partial charge in [-0.3, -0.25) is 4.79 Å². The molecule has 0 saturated carbocycles. The van der Waals surface area contributed by atoms with Crippen molar-refractivity contribution in [3.8, 4) is 0 Å². The van der Waals surface area contributed by atoms with E-state index in [1.807, 2.05) is 27.7 Å². The summed E-state index contributed by atoms with van der Waals surface area (Å²) in [6.07, 6.45) is 0.395. The van der Waals surface area contributed by atoms with Crippen molar-refractivity contribution < 1.29 is 19.8 Å². The van der Waals surface area contributed by atoms with Crippen molar-refractivity contribution >= 4 is 11.9 Å². The molecule has 0 unspecified atom stereocenters. The molecule has 0 radical (unpaired) electrons. The molecule has 6 nitrogen and oxygen atoms in total. The predicted molar refractivity (Wildman–Crippen MR) is 72.7 cm³/mol. The van der Waals surface area contributed by atoms with Gasteiger partial charge in [-0.05, 0) is 18.3 Å². The van der Waals surface area contributed by atoms with Gasteiger partial charge in [-0.1, -0.05) is 27.7 Å². The molecule has 0 bridgehead atoms. The van der Waals surface area contributed by atoms with Crippen LogP contribution in [0.3, 0.4) is 0 Å². The lowest BCUT2D eigenvalue weighted by molar-refractivity contribution is -0.142. The molecule has 1 amide bonds. The number of rotatable bonds is 9. The van der Waals surface area contributed by atoms with E-state index in [1.54, 1.807) is 0 Å². The number of aliphatic carboxylic acids is 1. The van der Waals surface area contributed by atoms with Crippen LogP contribution in [0.5, 0.6) is 0 Å². The number of carboxylic acid groups (broad SMARTS) is 1. The van der Waals surface area contributed by atoms with Gasteiger partial charge >= 0.3 is 5.97 Å². The number of aliphatic hydroxyl groups is 1. The zero-order valence-corrected chi connectivity index (χ0v) is 12.1. The average molecular weight is 274 g/mol. The van der Waals surface area contributed by atoms with Crippen molar-refractivity contribution in [2.75, 3.05) is 13.2 Å². The Hall–Kier alpha value is -1.14. The third-order valence-electron chi connectivity index (χ3n) is 2.75. The monoisotopic (exact) mass is 274 g/mol. The quantitative estimate of drug-likeness (QED) is 0.482. The summed E-state index contributed by atoms with van der Waals surface area (Å²) in [6, 6.07) is -1.37. The third kappa shape index (κ3) is 7.12. The van der Waals surface area contributed by atoms with Crippen LogP contribution in [0, 0.1) is 11.8 Å². The molecule has 0 aromatic carbocycles. The Kier molecular flexibility index (Phi) is 8.34. The van der Waals surface area contributed by atoms with Crippen LogP contribution >= 0.6 is 0 Å². The summed E-state index contributed by atoms with van der Waals surface area (Å²) in [7, 11) is 0. The smallest absolute Gasteiger partial charge is 0.326 e. The van der Waals surface area contributed by atoms with Crippen LogP contribution in [0.2, 0.25) is 0 Å². The zero-order chi connectivity index (χ0) is 15.0. The highest BCUT2D eigenvalue weighted by Gasteiger charge is 2.27. The van der Waals surface area contributed by atoms with E-state index in [4.69, 9.17) is 10.2 Å². The van der Waals surface area contributed by atoms with Crippen molar-refractivity contribution in [1.29, 1.82) is 0 Å². The van der Waals surface area contributed by atoms with Gasteiger partial charge < -0.3 is 20.8 Å². The molecule has 0 rings (SSSR count). The number of hydrogen-bond donors (Lipinski definition) is 4. The number of aliphatic hydroxyl groups excluding tert-OH is 1. The van der Waals surface area contributed by atoms with Crippen LogP contribution in [0.1, 0.15) is 34.1 Å². The predicted octanol–water partition coefficient (Wildman–Crippen LogP) is 0.208. The second-order valence-electron chi connectivity index (χ2n) is 5.43. The molecule has 0 heterocycles. The van der Waals surface area contributed by atoms with Crippen molar-refractivity contribution in [1.82, 2.24) is 10.6 Å². The van der Waals surface area contributed by atoms with Gasteiger partial charge in [-0.25, -0.2) is 4.79 Å². The minimum absolute atomic E-state index is 0.0139. The Balaban J connectivity index is 4.61. The maximum Gasteiger partial charge on any atom is 0.326 e. The summed E-state index contributed by atoms with van der Waals surface area (Å²) in [4.78, 5) is 23.2. The second kappa shape index (κ2) is 8.87. The van der Waals surface area contributed by atoms with Gasteiger partial charge in [0.2, 0.25) is 5.91 Å². The summed E-state index contributed by atoms with van der Waals surface area (Å²) in [6.45, 7) is 7.79. The van der Waals surface area contributed by atoms with Gasteiger partial charge in [0, 0.05) is 6.54 Å². The van der Waals surface area contributed by atoms with Gasteiger partial charge in [0.1, 0.15) is 6.04 Å². The summed E-state index contributed by atoms with van der Waals surface area (Å²) < 4.78 is 0. The molecule has 4 N–H and O–H groups in total. The fraction of sp³-hybridized carbons (Fsp3) is 0.846. The van der Waals surface area contributed by atoms with Crippen LogP contribution < -0.4 is 10.6 Å². The highest BCUT2D eigenvalue weighted by molar-refractivity contribution is 5.87. The standard InChI is InChI=1S/C13H26N2O4/c1-8(2)7-10(13(18)19)15-12(17)11(9(3)4)14-5-6-16/h8-11,14,16H,5-7H2,1-4H3,(H,15,17)(H,18,19)/t10-,11-/m0/s1. The molecule has 0 aliphatic rings. The van der Waals surface area contributed by atoms with E-state index in [-0.39, 0.29) is 24.3 Å². The minimum Gasteiger partial charge on any atom is -0.480 e. The highest BCUT2D eigenvalue weighted by Crippen LogP contribution is 2.07. The molecule has 19 heavy (non-hydrogen) atoms. The van der Waals surface area contributed by atoms with Crippen molar-refractivity contribution in [3.05, 3.63) is 0 Å². The lowest BCUT2D eigenvalue weighted by Gasteiger charge is -2.24. The molecule has 0 aliphatic carbocycles. The summed E-state index contributed by atoms with van der Waals surface area (Å²) >= 11 is 0. The zero-order valence-electron chi connectivity index (χ0n) is 12.1. The third-order valence-corrected chi connectivity index (χ3v) is 2.75. The second-order valence-corrected chi connectivity index (χ2v) is 5.43. The largest absolute Gasteiger partial charge is 0.480 e. The van der Waals surface area contributed by atoms with Gasteiger partial charge in [0.05, 0.1) is 12.6 Å². The van der Waals surface area contributed by atoms with E-state index in [0.717, 1.165) is 0 Å². The van der Waals surface area contributed by atoms with Gasteiger partial charge in [-0.15, -0.1) is 0 Å². The Morgan fingerprint density at radius 1 is 1.16 bits per heavy atom. The number of carbonyl (C=O) groups excluding carboxylic acids is 1. The molecule has 0 spiro atoms. The number of nitrogens with one attached hydrogen (secondary N) is 2. The number of amides is 1. The average Bonchev–Trinajstić information content (AvgIpc) is 2.27. The molecule has 0 aromatic rings. The topological polar surface area (TPSA) is 98.7 Å². The molecule has 112 valence electrons. The molecule has 0 aliphatic heterocycles. The molecule has 2 atom stereocenters. The van der Waals surface area contributed by atoms with Crippen molar-refractivity contribution in [2.45, 2.75) is 46.2 Å². The van der Waals surface area contributed by atoms with Gasteiger partial charge in [-0.2, -0.15) is 0 Å². The van der Waals surface area contributed by atoms with E-state index in [9.17, 15) is 9.59 Å². The highest BCUT2D eigenvalue weighted by atomic mass is 16.4. The molecule has 0 aromatic heterocycles. The molecular formula is C13H26N2O4. The van der Waals surface area contributed by atoms with E-state index < -0.39 is 18.1 Å². The first-order valence-corrected chi connectivity index (χ1v) is 6.67. The van der Waals surface area contributed by atoms with E-state index in [1.165, 1.54) is 0 Å². The van der Waals surface area contributed by atoms with Crippen molar-refractivity contribution in [3.63, 3.8) is 0 Å².